The molecule has 0 unspecified atom stereocenters. The molecule has 0 aliphatic heterocycles. The minimum atomic E-state index is -0.493. The van der Waals surface area contributed by atoms with E-state index in [-0.39, 0.29) is 5.69 Å². The highest BCUT2D eigenvalue weighted by molar-refractivity contribution is 5.69. The molecule has 0 atom stereocenters. The van der Waals surface area contributed by atoms with Crippen molar-refractivity contribution < 1.29 is 14.4 Å². The molecule has 0 aliphatic rings. The Morgan fingerprint density at radius 2 is 2.12 bits per heavy atom. The van der Waals surface area contributed by atoms with Gasteiger partial charge in [-0.15, -0.1) is 0 Å². The maximum Gasteiger partial charge on any atom is 0.271 e. The van der Waals surface area contributed by atoms with Gasteiger partial charge < -0.3 is 20.5 Å². The average molecular weight is 241 g/mol. The third kappa shape index (κ3) is 3.58. The topological polar surface area (TPSA) is 99.6 Å². The van der Waals surface area contributed by atoms with Crippen LogP contribution in [-0.2, 0) is 9.47 Å². The molecule has 1 rings (SSSR count). The Balaban J connectivity index is 2.69. The fourth-order valence-electron chi connectivity index (χ4n) is 1.28. The van der Waals surface area contributed by atoms with Crippen molar-refractivity contribution in [2.45, 2.75) is 6.29 Å². The highest BCUT2D eigenvalue weighted by Crippen LogP contribution is 2.23. The van der Waals surface area contributed by atoms with E-state index in [2.05, 4.69) is 5.32 Å². The molecule has 0 fully saturated rings. The number of nitrogen functional groups attached to an aromatic ring is 1. The normalized spacial score (nSPS) is 10.5. The van der Waals surface area contributed by atoms with E-state index in [1.165, 1.54) is 26.4 Å². The van der Waals surface area contributed by atoms with Crippen LogP contribution in [0.3, 0.4) is 0 Å². The van der Waals surface area contributed by atoms with Crippen molar-refractivity contribution >= 4 is 17.1 Å². The van der Waals surface area contributed by atoms with Crippen molar-refractivity contribution in [1.82, 2.24) is 0 Å². The van der Waals surface area contributed by atoms with Crippen molar-refractivity contribution in [3.8, 4) is 0 Å². The van der Waals surface area contributed by atoms with Gasteiger partial charge >= 0.3 is 0 Å². The van der Waals surface area contributed by atoms with Crippen LogP contribution in [0.4, 0.5) is 17.1 Å². The SMILES string of the molecule is COC(CNc1ccc([N+](=O)[O-])cc1N)OC. The predicted molar refractivity (Wildman–Crippen MR) is 63.8 cm³/mol. The minimum Gasteiger partial charge on any atom is -0.397 e. The van der Waals surface area contributed by atoms with E-state index in [0.717, 1.165) is 0 Å². The number of nitro benzene ring substituents is 1. The second-order valence-corrected chi connectivity index (χ2v) is 3.31. The van der Waals surface area contributed by atoms with Crippen LogP contribution in [0.25, 0.3) is 0 Å². The molecular formula is C10H15N3O4. The molecule has 1 aromatic rings. The Morgan fingerprint density at radius 1 is 1.47 bits per heavy atom. The van der Waals surface area contributed by atoms with Gasteiger partial charge in [0.2, 0.25) is 0 Å². The van der Waals surface area contributed by atoms with Crippen molar-refractivity contribution in [3.05, 3.63) is 28.3 Å². The molecule has 0 aliphatic carbocycles. The molecule has 1 aromatic carbocycles. The summed E-state index contributed by atoms with van der Waals surface area (Å²) in [6.07, 6.45) is -0.399. The number of non-ortho nitro benzene ring substituents is 1. The second-order valence-electron chi connectivity index (χ2n) is 3.31. The molecule has 0 saturated heterocycles. The van der Waals surface area contributed by atoms with Gasteiger partial charge in [-0.25, -0.2) is 0 Å². The molecule has 0 spiro atoms. The monoisotopic (exact) mass is 241 g/mol. The average Bonchev–Trinajstić information content (AvgIpc) is 2.31. The number of hydrogen-bond donors (Lipinski definition) is 2. The lowest BCUT2D eigenvalue weighted by Crippen LogP contribution is -2.23. The first-order chi connectivity index (χ1) is 8.08. The fourth-order valence-corrected chi connectivity index (χ4v) is 1.28. The standard InChI is InChI=1S/C10H15N3O4/c1-16-10(17-2)6-12-9-4-3-7(13(14)15)5-8(9)11/h3-5,10,12H,6,11H2,1-2H3. The van der Waals surface area contributed by atoms with Crippen LogP contribution < -0.4 is 11.1 Å². The molecule has 7 heteroatoms. The molecule has 0 amide bonds. The number of ether oxygens (including phenoxy) is 2. The van der Waals surface area contributed by atoms with E-state index in [0.29, 0.717) is 17.9 Å². The molecule has 7 nitrogen and oxygen atoms in total. The summed E-state index contributed by atoms with van der Waals surface area (Å²) in [4.78, 5) is 10.0. The first-order valence-corrected chi connectivity index (χ1v) is 4.92. The number of nitro groups is 1. The molecule has 94 valence electrons. The summed E-state index contributed by atoms with van der Waals surface area (Å²) >= 11 is 0. The number of hydrogen-bond acceptors (Lipinski definition) is 6. The van der Waals surface area contributed by atoms with Gasteiger partial charge in [-0.05, 0) is 6.07 Å². The maximum absolute atomic E-state index is 10.5. The minimum absolute atomic E-state index is 0.0388. The summed E-state index contributed by atoms with van der Waals surface area (Å²) < 4.78 is 9.98. The Labute approximate surface area is 98.7 Å². The number of rotatable bonds is 6. The molecule has 0 heterocycles. The van der Waals surface area contributed by atoms with Crippen LogP contribution in [0, 0.1) is 10.1 Å². The number of anilines is 2. The van der Waals surface area contributed by atoms with E-state index < -0.39 is 11.2 Å². The number of nitrogens with one attached hydrogen (secondary N) is 1. The summed E-state index contributed by atoms with van der Waals surface area (Å²) in [5.74, 6) is 0. The van der Waals surface area contributed by atoms with Crippen molar-refractivity contribution in [3.63, 3.8) is 0 Å². The van der Waals surface area contributed by atoms with Crippen LogP contribution in [0.15, 0.2) is 18.2 Å². The van der Waals surface area contributed by atoms with Crippen LogP contribution in [0.5, 0.6) is 0 Å². The van der Waals surface area contributed by atoms with Crippen LogP contribution >= 0.6 is 0 Å². The highest BCUT2D eigenvalue weighted by atomic mass is 16.7. The van der Waals surface area contributed by atoms with E-state index in [4.69, 9.17) is 15.2 Å². The van der Waals surface area contributed by atoms with Gasteiger partial charge in [0.15, 0.2) is 6.29 Å². The molecule has 0 aromatic heterocycles. The molecular weight excluding hydrogens is 226 g/mol. The second kappa shape index (κ2) is 6.02. The quantitative estimate of drug-likeness (QED) is 0.336. The largest absolute Gasteiger partial charge is 0.397 e. The van der Waals surface area contributed by atoms with Crippen LogP contribution in [0.2, 0.25) is 0 Å². The van der Waals surface area contributed by atoms with Gasteiger partial charge in [0.25, 0.3) is 5.69 Å². The lowest BCUT2D eigenvalue weighted by Gasteiger charge is -2.15. The molecule has 0 bridgehead atoms. The fraction of sp³-hybridized carbons (Fsp3) is 0.400. The number of benzene rings is 1. The van der Waals surface area contributed by atoms with Crippen molar-refractivity contribution in [1.29, 1.82) is 0 Å². The lowest BCUT2D eigenvalue weighted by atomic mass is 10.2. The summed E-state index contributed by atoms with van der Waals surface area (Å²) in [7, 11) is 3.05. The Kier molecular flexibility index (Phi) is 4.68. The van der Waals surface area contributed by atoms with Crippen molar-refractivity contribution in [2.75, 3.05) is 31.8 Å². The third-order valence-corrected chi connectivity index (χ3v) is 2.23. The summed E-state index contributed by atoms with van der Waals surface area (Å²) in [5, 5.41) is 13.5. The Bertz CT molecular complexity index is 393. The Hall–Kier alpha value is -1.86. The van der Waals surface area contributed by atoms with E-state index in [1.807, 2.05) is 0 Å². The van der Waals surface area contributed by atoms with Crippen LogP contribution in [0.1, 0.15) is 0 Å². The lowest BCUT2D eigenvalue weighted by molar-refractivity contribution is -0.384. The number of nitrogens with zero attached hydrogens (tertiary/aromatic N) is 1. The summed E-state index contributed by atoms with van der Waals surface area (Å²) in [6, 6.07) is 4.24. The number of methoxy groups -OCH3 is 2. The highest BCUT2D eigenvalue weighted by Gasteiger charge is 2.10. The molecule has 0 radical (unpaired) electrons. The van der Waals surface area contributed by atoms with Crippen molar-refractivity contribution in [2.24, 2.45) is 0 Å². The van der Waals surface area contributed by atoms with Gasteiger partial charge in [0.05, 0.1) is 22.8 Å². The van der Waals surface area contributed by atoms with E-state index in [1.54, 1.807) is 6.07 Å². The first kappa shape index (κ1) is 13.2. The first-order valence-electron chi connectivity index (χ1n) is 4.92. The molecule has 17 heavy (non-hydrogen) atoms. The van der Waals surface area contributed by atoms with Gasteiger partial charge in [-0.3, -0.25) is 10.1 Å². The van der Waals surface area contributed by atoms with Crippen LogP contribution in [-0.4, -0.2) is 32.0 Å². The maximum atomic E-state index is 10.5. The smallest absolute Gasteiger partial charge is 0.271 e. The molecule has 0 saturated carbocycles. The zero-order chi connectivity index (χ0) is 12.8. The zero-order valence-corrected chi connectivity index (χ0v) is 9.67. The summed E-state index contributed by atoms with van der Waals surface area (Å²) in [5.41, 5.74) is 6.56. The zero-order valence-electron chi connectivity index (χ0n) is 9.67. The predicted octanol–water partition coefficient (Wildman–Crippen LogP) is 1.21. The third-order valence-electron chi connectivity index (χ3n) is 2.23. The number of nitrogens with two attached hydrogens (primary N) is 1. The van der Waals surface area contributed by atoms with E-state index >= 15 is 0 Å². The van der Waals surface area contributed by atoms with E-state index in [9.17, 15) is 10.1 Å². The summed E-state index contributed by atoms with van der Waals surface area (Å²) in [6.45, 7) is 0.398. The molecule has 3 N–H and O–H groups in total. The van der Waals surface area contributed by atoms with Gasteiger partial charge in [0.1, 0.15) is 0 Å². The Morgan fingerprint density at radius 3 is 2.59 bits per heavy atom. The van der Waals surface area contributed by atoms with Gasteiger partial charge in [0, 0.05) is 26.4 Å². The van der Waals surface area contributed by atoms with Gasteiger partial charge in [-0.2, -0.15) is 0 Å². The van der Waals surface area contributed by atoms with Gasteiger partial charge in [-0.1, -0.05) is 0 Å².